The third-order valence-electron chi connectivity index (χ3n) is 2.88. The molecule has 0 spiro atoms. The first kappa shape index (κ1) is 12.4. The molecule has 0 unspecified atom stereocenters. The summed E-state index contributed by atoms with van der Waals surface area (Å²) < 4.78 is 0. The van der Waals surface area contributed by atoms with Crippen LogP contribution in [0.3, 0.4) is 0 Å². The highest BCUT2D eigenvalue weighted by molar-refractivity contribution is 7.98. The number of aromatic amines is 1. The Balaban J connectivity index is 1.98. The molecule has 0 aliphatic rings. The average molecular weight is 291 g/mol. The highest BCUT2D eigenvalue weighted by Gasteiger charge is 2.11. The van der Waals surface area contributed by atoms with Gasteiger partial charge < -0.3 is 0 Å². The van der Waals surface area contributed by atoms with Crippen molar-refractivity contribution < 1.29 is 0 Å². The molecule has 0 amide bonds. The number of benzene rings is 1. The largest absolute Gasteiger partial charge is 0.254 e. The van der Waals surface area contributed by atoms with Crippen molar-refractivity contribution in [3.63, 3.8) is 0 Å². The van der Waals surface area contributed by atoms with Crippen LogP contribution < -0.4 is 0 Å². The van der Waals surface area contributed by atoms with Crippen molar-refractivity contribution in [2.75, 3.05) is 0 Å². The molecule has 0 aliphatic heterocycles. The molecule has 0 saturated heterocycles. The second-order valence-electron chi connectivity index (χ2n) is 4.09. The molecule has 3 aromatic rings. The highest BCUT2D eigenvalue weighted by Crippen LogP contribution is 2.31. The van der Waals surface area contributed by atoms with Crippen molar-refractivity contribution in [3.8, 4) is 0 Å². The van der Waals surface area contributed by atoms with Gasteiger partial charge in [0.1, 0.15) is 6.33 Å². The molecule has 0 fully saturated rings. The molecular formula is C13H11ClN4S. The van der Waals surface area contributed by atoms with Crippen molar-refractivity contribution >= 4 is 34.3 Å². The fourth-order valence-electron chi connectivity index (χ4n) is 1.90. The lowest BCUT2D eigenvalue weighted by Gasteiger charge is -2.09. The molecule has 1 N–H and O–H groups in total. The third kappa shape index (κ3) is 2.43. The minimum atomic E-state index is 0.720. The van der Waals surface area contributed by atoms with Crippen LogP contribution in [-0.2, 0) is 5.75 Å². The number of thioether (sulfide) groups is 1. The van der Waals surface area contributed by atoms with Crippen molar-refractivity contribution in [1.82, 2.24) is 20.2 Å². The Morgan fingerprint density at radius 1 is 1.32 bits per heavy atom. The quantitative estimate of drug-likeness (QED) is 0.749. The summed E-state index contributed by atoms with van der Waals surface area (Å²) in [6.07, 6.45) is 1.50. The van der Waals surface area contributed by atoms with Gasteiger partial charge in [-0.3, -0.25) is 10.1 Å². The van der Waals surface area contributed by atoms with E-state index in [0.29, 0.717) is 0 Å². The molecule has 0 bridgehead atoms. The first-order valence-electron chi connectivity index (χ1n) is 5.77. The van der Waals surface area contributed by atoms with E-state index in [1.54, 1.807) is 11.8 Å². The van der Waals surface area contributed by atoms with Crippen LogP contribution in [0.2, 0.25) is 5.02 Å². The van der Waals surface area contributed by atoms with Gasteiger partial charge in [0.05, 0.1) is 10.5 Å². The van der Waals surface area contributed by atoms with Gasteiger partial charge in [-0.25, -0.2) is 4.98 Å². The van der Waals surface area contributed by atoms with Crippen LogP contribution in [0, 0.1) is 6.92 Å². The van der Waals surface area contributed by atoms with Gasteiger partial charge >= 0.3 is 0 Å². The summed E-state index contributed by atoms with van der Waals surface area (Å²) in [5.74, 6) is 0.720. The van der Waals surface area contributed by atoms with Crippen LogP contribution in [-0.4, -0.2) is 20.2 Å². The van der Waals surface area contributed by atoms with E-state index in [2.05, 4.69) is 20.2 Å². The summed E-state index contributed by atoms with van der Waals surface area (Å²) in [6, 6.07) is 7.90. The molecule has 4 nitrogen and oxygen atoms in total. The Hall–Kier alpha value is -1.59. The predicted octanol–water partition coefficient (Wildman–Crippen LogP) is 3.61. The number of rotatable bonds is 3. The number of nitrogens with one attached hydrogen (secondary N) is 1. The molecule has 2 aromatic heterocycles. The molecule has 19 heavy (non-hydrogen) atoms. The second kappa shape index (κ2) is 5.19. The van der Waals surface area contributed by atoms with Crippen LogP contribution in [0.4, 0.5) is 0 Å². The van der Waals surface area contributed by atoms with Crippen LogP contribution in [0.25, 0.3) is 10.9 Å². The smallest absolute Gasteiger partial charge is 0.183 e. The number of aryl methyl sites for hydroxylation is 1. The first-order chi connectivity index (χ1) is 9.25. The monoisotopic (exact) mass is 290 g/mol. The standard InChI is InChI=1S/C13H11ClN4S/c1-8-10(6-19-13-15-7-16-18-13)12(14)9-4-2-3-5-11(9)17-8/h2-5,7H,6H2,1H3,(H,15,16,18). The zero-order chi connectivity index (χ0) is 13.2. The maximum Gasteiger partial charge on any atom is 0.183 e. The van der Waals surface area contributed by atoms with Crippen molar-refractivity contribution in [2.24, 2.45) is 0 Å². The van der Waals surface area contributed by atoms with Crippen LogP contribution in [0.15, 0.2) is 35.7 Å². The molecule has 0 radical (unpaired) electrons. The van der Waals surface area contributed by atoms with Gasteiger partial charge in [0.25, 0.3) is 0 Å². The zero-order valence-electron chi connectivity index (χ0n) is 10.2. The second-order valence-corrected chi connectivity index (χ2v) is 5.43. The summed E-state index contributed by atoms with van der Waals surface area (Å²) >= 11 is 8.05. The Morgan fingerprint density at radius 2 is 2.16 bits per heavy atom. The lowest BCUT2D eigenvalue weighted by atomic mass is 10.1. The van der Waals surface area contributed by atoms with Crippen molar-refractivity contribution in [3.05, 3.63) is 46.9 Å². The Bertz CT molecular complexity index is 712. The molecule has 1 aromatic carbocycles. The number of pyridine rings is 1. The normalized spacial score (nSPS) is 11.1. The van der Waals surface area contributed by atoms with Crippen LogP contribution in [0.1, 0.15) is 11.3 Å². The average Bonchev–Trinajstić information content (AvgIpc) is 2.92. The van der Waals surface area contributed by atoms with E-state index in [1.165, 1.54) is 6.33 Å². The van der Waals surface area contributed by atoms with Gasteiger partial charge in [-0.2, -0.15) is 5.10 Å². The predicted molar refractivity (Wildman–Crippen MR) is 77.4 cm³/mol. The minimum absolute atomic E-state index is 0.720. The summed E-state index contributed by atoms with van der Waals surface area (Å²) in [4.78, 5) is 8.68. The van der Waals surface area contributed by atoms with Crippen molar-refractivity contribution in [2.45, 2.75) is 17.8 Å². The zero-order valence-corrected chi connectivity index (χ0v) is 11.8. The Labute approximate surface area is 119 Å². The molecule has 0 saturated carbocycles. The first-order valence-corrected chi connectivity index (χ1v) is 7.14. The number of hydrogen-bond donors (Lipinski definition) is 1. The van der Waals surface area contributed by atoms with Gasteiger partial charge in [-0.15, -0.1) is 0 Å². The minimum Gasteiger partial charge on any atom is -0.254 e. The lowest BCUT2D eigenvalue weighted by Crippen LogP contribution is -1.95. The Morgan fingerprint density at radius 3 is 2.95 bits per heavy atom. The number of aromatic nitrogens is 4. The topological polar surface area (TPSA) is 54.5 Å². The fraction of sp³-hybridized carbons (Fsp3) is 0.154. The van der Waals surface area contributed by atoms with E-state index < -0.39 is 0 Å². The van der Waals surface area contributed by atoms with Crippen molar-refractivity contribution in [1.29, 1.82) is 0 Å². The maximum absolute atomic E-state index is 6.49. The molecule has 0 aliphatic carbocycles. The summed E-state index contributed by atoms with van der Waals surface area (Å²) in [6.45, 7) is 1.98. The van der Waals surface area contributed by atoms with Gasteiger partial charge in [-0.1, -0.05) is 41.6 Å². The van der Waals surface area contributed by atoms with Gasteiger partial charge in [0, 0.05) is 22.4 Å². The number of halogens is 1. The molecule has 3 rings (SSSR count). The molecular weight excluding hydrogens is 280 g/mol. The lowest BCUT2D eigenvalue weighted by molar-refractivity contribution is 0.972. The maximum atomic E-state index is 6.49. The van der Waals surface area contributed by atoms with Gasteiger partial charge in [0.15, 0.2) is 5.16 Å². The summed E-state index contributed by atoms with van der Waals surface area (Å²) in [5.41, 5.74) is 2.93. The fourth-order valence-corrected chi connectivity index (χ4v) is 3.21. The number of para-hydroxylation sites is 1. The van der Waals surface area contributed by atoms with E-state index in [0.717, 1.165) is 38.1 Å². The van der Waals surface area contributed by atoms with E-state index in [9.17, 15) is 0 Å². The summed E-state index contributed by atoms with van der Waals surface area (Å²) in [7, 11) is 0. The van der Waals surface area contributed by atoms with Gasteiger partial charge in [0.2, 0.25) is 0 Å². The number of nitrogens with zero attached hydrogens (tertiary/aromatic N) is 3. The highest BCUT2D eigenvalue weighted by atomic mass is 35.5. The van der Waals surface area contributed by atoms with E-state index in [4.69, 9.17) is 11.6 Å². The number of fused-ring (bicyclic) bond motifs is 1. The van der Waals surface area contributed by atoms with E-state index in [-0.39, 0.29) is 0 Å². The van der Waals surface area contributed by atoms with Crippen LogP contribution >= 0.6 is 23.4 Å². The summed E-state index contributed by atoms with van der Waals surface area (Å²) in [5, 5.41) is 9.19. The number of hydrogen-bond acceptors (Lipinski definition) is 4. The Kier molecular flexibility index (Phi) is 3.40. The van der Waals surface area contributed by atoms with E-state index >= 15 is 0 Å². The molecule has 96 valence electrons. The number of H-pyrrole nitrogens is 1. The van der Waals surface area contributed by atoms with Crippen LogP contribution in [0.5, 0.6) is 0 Å². The molecule has 6 heteroatoms. The SMILES string of the molecule is Cc1nc2ccccc2c(Cl)c1CSc1ncn[nH]1. The third-order valence-corrected chi connectivity index (χ3v) is 4.21. The van der Waals surface area contributed by atoms with E-state index in [1.807, 2.05) is 31.2 Å². The molecule has 2 heterocycles. The van der Waals surface area contributed by atoms with Gasteiger partial charge in [-0.05, 0) is 13.0 Å². The molecule has 0 atom stereocenters.